The van der Waals surface area contributed by atoms with Crippen LogP contribution in [-0.2, 0) is 12.8 Å². The van der Waals surface area contributed by atoms with Gasteiger partial charge in [0.05, 0.1) is 0 Å². The quantitative estimate of drug-likeness (QED) is 0.635. The summed E-state index contributed by atoms with van der Waals surface area (Å²) in [5.74, 6) is -0.672. The number of hydrogen-bond donors (Lipinski definition) is 2. The predicted octanol–water partition coefficient (Wildman–Crippen LogP) is 1.97. The van der Waals surface area contributed by atoms with Gasteiger partial charge in [0.1, 0.15) is 0 Å². The van der Waals surface area contributed by atoms with Crippen molar-refractivity contribution in [1.29, 1.82) is 0 Å². The molecule has 0 saturated carbocycles. The molecule has 0 bridgehead atoms. The van der Waals surface area contributed by atoms with E-state index in [4.69, 9.17) is 10.2 Å². The van der Waals surface area contributed by atoms with E-state index in [-0.39, 0.29) is 0 Å². The molecule has 2 aromatic carbocycles. The van der Waals surface area contributed by atoms with Crippen molar-refractivity contribution in [3.63, 3.8) is 0 Å². The molecule has 98 valence electrons. The predicted molar refractivity (Wildman–Crippen MR) is 72.8 cm³/mol. The molecule has 19 heavy (non-hydrogen) atoms. The smallest absolute Gasteiger partial charge is 0.218 e. The fourth-order valence-corrected chi connectivity index (χ4v) is 1.92. The minimum absolute atomic E-state index is 0.318. The third-order valence-corrected chi connectivity index (χ3v) is 3.02. The molecule has 3 nitrogen and oxygen atoms in total. The lowest BCUT2D eigenvalue weighted by Crippen LogP contribution is -2.19. The molecule has 0 radical (unpaired) electrons. The summed E-state index contributed by atoms with van der Waals surface area (Å²) in [6, 6.07) is 17.1. The van der Waals surface area contributed by atoms with Gasteiger partial charge in [0.2, 0.25) is 12.1 Å². The Balaban J connectivity index is 1.98. The van der Waals surface area contributed by atoms with Crippen molar-refractivity contribution in [3.05, 3.63) is 71.3 Å². The number of Topliss-reactive ketones (excluding diaryl/α,β-unsaturated/α-hetero) is 1. The van der Waals surface area contributed by atoms with Crippen LogP contribution in [0.2, 0.25) is 0 Å². The normalized spacial score (nSPS) is 10.7. The molecular weight excluding hydrogens is 240 g/mol. The van der Waals surface area contributed by atoms with Crippen molar-refractivity contribution in [1.82, 2.24) is 0 Å². The van der Waals surface area contributed by atoms with Crippen LogP contribution in [0, 0.1) is 0 Å². The number of hydrogen-bond acceptors (Lipinski definition) is 3. The van der Waals surface area contributed by atoms with E-state index in [2.05, 4.69) is 12.1 Å². The van der Waals surface area contributed by atoms with E-state index in [0.717, 1.165) is 18.4 Å². The van der Waals surface area contributed by atoms with Crippen molar-refractivity contribution in [2.75, 3.05) is 0 Å². The van der Waals surface area contributed by atoms with E-state index in [1.54, 1.807) is 12.1 Å². The van der Waals surface area contributed by atoms with Crippen LogP contribution in [0.5, 0.6) is 0 Å². The van der Waals surface area contributed by atoms with Crippen LogP contribution < -0.4 is 0 Å². The van der Waals surface area contributed by atoms with Gasteiger partial charge in [-0.3, -0.25) is 4.79 Å². The van der Waals surface area contributed by atoms with Gasteiger partial charge in [0.25, 0.3) is 0 Å². The molecule has 0 amide bonds. The van der Waals surface area contributed by atoms with Crippen LogP contribution in [-0.4, -0.2) is 22.3 Å². The zero-order valence-electron chi connectivity index (χ0n) is 10.5. The van der Waals surface area contributed by atoms with Gasteiger partial charge >= 0.3 is 0 Å². The first-order chi connectivity index (χ1) is 9.16. The van der Waals surface area contributed by atoms with Crippen LogP contribution in [0.4, 0.5) is 0 Å². The number of aryl methyl sites for hydroxylation is 2. The molecule has 0 atom stereocenters. The van der Waals surface area contributed by atoms with Crippen molar-refractivity contribution in [2.45, 2.75) is 19.1 Å². The van der Waals surface area contributed by atoms with Gasteiger partial charge in [-0.05, 0) is 24.0 Å². The Morgan fingerprint density at radius 2 is 1.37 bits per heavy atom. The third-order valence-electron chi connectivity index (χ3n) is 3.02. The summed E-state index contributed by atoms with van der Waals surface area (Å²) >= 11 is 0. The number of aliphatic hydroxyl groups is 2. The molecule has 0 aromatic heterocycles. The molecule has 0 heterocycles. The first kappa shape index (κ1) is 13.5. The highest BCUT2D eigenvalue weighted by Gasteiger charge is 2.13. The highest BCUT2D eigenvalue weighted by molar-refractivity contribution is 5.98. The largest absolute Gasteiger partial charge is 0.362 e. The molecule has 2 N–H and O–H groups in total. The van der Waals surface area contributed by atoms with Crippen molar-refractivity contribution < 1.29 is 15.0 Å². The second kappa shape index (κ2) is 6.27. The van der Waals surface area contributed by atoms with Crippen LogP contribution in [0.25, 0.3) is 0 Å². The molecule has 2 rings (SSSR count). The van der Waals surface area contributed by atoms with Crippen LogP contribution in [0.15, 0.2) is 54.6 Å². The summed E-state index contributed by atoms with van der Waals surface area (Å²) < 4.78 is 0. The second-order valence-electron chi connectivity index (χ2n) is 4.42. The maximum absolute atomic E-state index is 11.3. The Labute approximate surface area is 112 Å². The lowest BCUT2D eigenvalue weighted by atomic mass is 10.0. The second-order valence-corrected chi connectivity index (χ2v) is 4.42. The standard InChI is InChI=1S/C16H16O3/c17-15(16(18)19)14-10-8-13(9-11-14)7-6-12-4-2-1-3-5-12/h1-5,8-11,16,18-19H,6-7H2. The summed E-state index contributed by atoms with van der Waals surface area (Å²) in [6.07, 6.45) is -0.105. The first-order valence-corrected chi connectivity index (χ1v) is 6.20. The number of ketones is 1. The minimum atomic E-state index is -1.94. The maximum Gasteiger partial charge on any atom is 0.218 e. The fraction of sp³-hybridized carbons (Fsp3) is 0.188. The number of carbonyl (C=O) groups is 1. The first-order valence-electron chi connectivity index (χ1n) is 6.20. The van der Waals surface area contributed by atoms with E-state index < -0.39 is 12.1 Å². The van der Waals surface area contributed by atoms with Crippen LogP contribution >= 0.6 is 0 Å². The molecule has 0 fully saturated rings. The molecule has 0 spiro atoms. The van der Waals surface area contributed by atoms with Gasteiger partial charge in [0, 0.05) is 5.56 Å². The highest BCUT2D eigenvalue weighted by atomic mass is 16.5. The van der Waals surface area contributed by atoms with E-state index >= 15 is 0 Å². The van der Waals surface area contributed by atoms with E-state index in [1.165, 1.54) is 5.56 Å². The molecule has 3 heteroatoms. The molecule has 0 aliphatic heterocycles. The SMILES string of the molecule is O=C(c1ccc(CCc2ccccc2)cc1)C(O)O. The topological polar surface area (TPSA) is 57.5 Å². The van der Waals surface area contributed by atoms with E-state index in [9.17, 15) is 4.79 Å². The molecule has 0 aliphatic carbocycles. The summed E-state index contributed by atoms with van der Waals surface area (Å²) in [4.78, 5) is 11.3. The monoisotopic (exact) mass is 256 g/mol. The van der Waals surface area contributed by atoms with E-state index in [0.29, 0.717) is 5.56 Å². The molecule has 0 aliphatic rings. The van der Waals surface area contributed by atoms with Gasteiger partial charge in [-0.1, -0.05) is 54.6 Å². The van der Waals surface area contributed by atoms with Gasteiger partial charge in [-0.15, -0.1) is 0 Å². The van der Waals surface area contributed by atoms with Crippen LogP contribution in [0.3, 0.4) is 0 Å². The fourth-order valence-electron chi connectivity index (χ4n) is 1.92. The highest BCUT2D eigenvalue weighted by Crippen LogP contribution is 2.10. The Bertz CT molecular complexity index is 530. The maximum atomic E-state index is 11.3. The summed E-state index contributed by atoms with van der Waals surface area (Å²) in [6.45, 7) is 0. The van der Waals surface area contributed by atoms with Crippen molar-refractivity contribution in [2.24, 2.45) is 0 Å². The number of carbonyl (C=O) groups excluding carboxylic acids is 1. The van der Waals surface area contributed by atoms with E-state index in [1.807, 2.05) is 30.3 Å². The lowest BCUT2D eigenvalue weighted by molar-refractivity contribution is -0.0195. The third kappa shape index (κ3) is 3.74. The average molecular weight is 256 g/mol. The Hall–Kier alpha value is -1.97. The van der Waals surface area contributed by atoms with Crippen LogP contribution in [0.1, 0.15) is 21.5 Å². The Kier molecular flexibility index (Phi) is 4.44. The van der Waals surface area contributed by atoms with Crippen molar-refractivity contribution >= 4 is 5.78 Å². The summed E-state index contributed by atoms with van der Waals surface area (Å²) in [7, 11) is 0. The number of rotatable bonds is 5. The lowest BCUT2D eigenvalue weighted by Gasteiger charge is -2.05. The van der Waals surface area contributed by atoms with Gasteiger partial charge in [-0.25, -0.2) is 0 Å². The number of benzene rings is 2. The molecular formula is C16H16O3. The Morgan fingerprint density at radius 1 is 0.842 bits per heavy atom. The zero-order valence-corrected chi connectivity index (χ0v) is 10.5. The summed E-state index contributed by atoms with van der Waals surface area (Å²) in [5, 5.41) is 17.6. The van der Waals surface area contributed by atoms with Gasteiger partial charge < -0.3 is 10.2 Å². The molecule has 0 unspecified atom stereocenters. The number of aliphatic hydroxyl groups excluding tert-OH is 1. The van der Waals surface area contributed by atoms with Crippen molar-refractivity contribution in [3.8, 4) is 0 Å². The van der Waals surface area contributed by atoms with Gasteiger partial charge in [0.15, 0.2) is 0 Å². The zero-order chi connectivity index (χ0) is 13.7. The molecule has 2 aromatic rings. The Morgan fingerprint density at radius 3 is 1.89 bits per heavy atom. The molecule has 0 saturated heterocycles. The van der Waals surface area contributed by atoms with Gasteiger partial charge in [-0.2, -0.15) is 0 Å². The summed E-state index contributed by atoms with van der Waals surface area (Å²) in [5.41, 5.74) is 2.71. The average Bonchev–Trinajstić information content (AvgIpc) is 2.46. The minimum Gasteiger partial charge on any atom is -0.362 e.